The van der Waals surface area contributed by atoms with Gasteiger partial charge in [-0.1, -0.05) is 11.6 Å². The maximum atomic E-state index is 12.1. The van der Waals surface area contributed by atoms with Gasteiger partial charge < -0.3 is 15.2 Å². The van der Waals surface area contributed by atoms with Gasteiger partial charge in [-0.2, -0.15) is 0 Å². The molecule has 1 amide bonds. The third-order valence-electron chi connectivity index (χ3n) is 3.12. The third-order valence-corrected chi connectivity index (χ3v) is 3.35. The summed E-state index contributed by atoms with van der Waals surface area (Å²) in [6.07, 6.45) is 0.0279. The second-order valence-corrected chi connectivity index (χ2v) is 5.42. The highest BCUT2D eigenvalue weighted by Gasteiger charge is 2.46. The largest absolute Gasteiger partial charge is 0.506 e. The minimum Gasteiger partial charge on any atom is -0.506 e. The molecule has 1 aromatic rings. The Morgan fingerprint density at radius 2 is 2.21 bits per heavy atom. The number of anilines is 1. The summed E-state index contributed by atoms with van der Waals surface area (Å²) in [4.78, 5) is 23.4. The predicted molar refractivity (Wildman–Crippen MR) is 70.0 cm³/mol. The molecule has 0 bridgehead atoms. The SMILES string of the molecule is CC1(C)OC(=O)C[C@H]1C(=O)Nc1cc(Cl)ccc1O. The monoisotopic (exact) mass is 283 g/mol. The summed E-state index contributed by atoms with van der Waals surface area (Å²) < 4.78 is 5.09. The first kappa shape index (κ1) is 13.7. The summed E-state index contributed by atoms with van der Waals surface area (Å²) in [5.41, 5.74) is -0.636. The van der Waals surface area contributed by atoms with Gasteiger partial charge in [-0.15, -0.1) is 0 Å². The van der Waals surface area contributed by atoms with Crippen molar-refractivity contribution in [3.63, 3.8) is 0 Å². The van der Waals surface area contributed by atoms with Crippen LogP contribution in [0, 0.1) is 5.92 Å². The molecule has 1 saturated heterocycles. The molecule has 0 unspecified atom stereocenters. The molecule has 19 heavy (non-hydrogen) atoms. The van der Waals surface area contributed by atoms with Gasteiger partial charge >= 0.3 is 5.97 Å². The fraction of sp³-hybridized carbons (Fsp3) is 0.385. The Morgan fingerprint density at radius 1 is 1.53 bits per heavy atom. The molecule has 1 aliphatic rings. The Hall–Kier alpha value is -1.75. The van der Waals surface area contributed by atoms with Gasteiger partial charge in [0.25, 0.3) is 0 Å². The fourth-order valence-corrected chi connectivity index (χ4v) is 2.23. The highest BCUT2D eigenvalue weighted by atomic mass is 35.5. The van der Waals surface area contributed by atoms with Gasteiger partial charge in [0.15, 0.2) is 0 Å². The zero-order valence-electron chi connectivity index (χ0n) is 10.6. The number of carbonyl (C=O) groups excluding carboxylic acids is 2. The minimum atomic E-state index is -0.852. The van der Waals surface area contributed by atoms with Gasteiger partial charge in [0.2, 0.25) is 5.91 Å². The average Bonchev–Trinajstić information content (AvgIpc) is 2.57. The molecule has 1 atom stereocenters. The molecule has 2 N–H and O–H groups in total. The lowest BCUT2D eigenvalue weighted by Crippen LogP contribution is -2.36. The van der Waals surface area contributed by atoms with E-state index in [1.54, 1.807) is 13.8 Å². The Morgan fingerprint density at radius 3 is 2.79 bits per heavy atom. The number of hydrogen-bond donors (Lipinski definition) is 2. The zero-order chi connectivity index (χ0) is 14.2. The first-order chi connectivity index (χ1) is 8.79. The summed E-state index contributed by atoms with van der Waals surface area (Å²) in [6, 6.07) is 4.34. The molecular formula is C13H14ClNO4. The van der Waals surface area contributed by atoms with Crippen molar-refractivity contribution < 1.29 is 19.4 Å². The van der Waals surface area contributed by atoms with E-state index >= 15 is 0 Å². The van der Waals surface area contributed by atoms with Crippen LogP contribution >= 0.6 is 11.6 Å². The van der Waals surface area contributed by atoms with Crippen LogP contribution in [0.3, 0.4) is 0 Å². The van der Waals surface area contributed by atoms with E-state index in [2.05, 4.69) is 5.32 Å². The molecule has 0 aromatic heterocycles. The maximum Gasteiger partial charge on any atom is 0.307 e. The molecule has 0 radical (unpaired) electrons. The highest BCUT2D eigenvalue weighted by Crippen LogP contribution is 2.34. The maximum absolute atomic E-state index is 12.1. The molecule has 1 heterocycles. The molecule has 0 saturated carbocycles. The van der Waals surface area contributed by atoms with Crippen LogP contribution in [0.5, 0.6) is 5.75 Å². The molecular weight excluding hydrogens is 270 g/mol. The molecule has 1 fully saturated rings. The van der Waals surface area contributed by atoms with Crippen LogP contribution in [0.4, 0.5) is 5.69 Å². The number of nitrogens with one attached hydrogen (secondary N) is 1. The smallest absolute Gasteiger partial charge is 0.307 e. The lowest BCUT2D eigenvalue weighted by Gasteiger charge is -2.23. The number of phenols is 1. The summed E-state index contributed by atoms with van der Waals surface area (Å²) >= 11 is 5.80. The number of aromatic hydroxyl groups is 1. The molecule has 102 valence electrons. The number of rotatable bonds is 2. The Kier molecular flexibility index (Phi) is 3.41. The van der Waals surface area contributed by atoms with Crippen LogP contribution in [0.15, 0.2) is 18.2 Å². The normalized spacial score (nSPS) is 21.0. The standard InChI is InChI=1S/C13H14ClNO4/c1-13(2)8(6-11(17)19-13)12(18)15-9-5-7(14)3-4-10(9)16/h3-5,8,16H,6H2,1-2H3,(H,15,18)/t8-/m0/s1. The summed E-state index contributed by atoms with van der Waals surface area (Å²) in [6.45, 7) is 3.36. The zero-order valence-corrected chi connectivity index (χ0v) is 11.3. The van der Waals surface area contributed by atoms with Gasteiger partial charge in [-0.25, -0.2) is 0 Å². The predicted octanol–water partition coefficient (Wildman–Crippen LogP) is 2.33. The molecule has 2 rings (SSSR count). The van der Waals surface area contributed by atoms with Crippen LogP contribution in [0.2, 0.25) is 5.02 Å². The van der Waals surface area contributed by atoms with E-state index in [4.69, 9.17) is 16.3 Å². The van der Waals surface area contributed by atoms with Crippen LogP contribution in [-0.2, 0) is 14.3 Å². The second-order valence-electron chi connectivity index (χ2n) is 4.98. The van der Waals surface area contributed by atoms with Gasteiger partial charge in [0, 0.05) is 5.02 Å². The van der Waals surface area contributed by atoms with Crippen molar-refractivity contribution in [3.05, 3.63) is 23.2 Å². The molecule has 5 nitrogen and oxygen atoms in total. The highest BCUT2D eigenvalue weighted by molar-refractivity contribution is 6.31. The van der Waals surface area contributed by atoms with E-state index in [1.807, 2.05) is 0 Å². The van der Waals surface area contributed by atoms with E-state index in [0.29, 0.717) is 5.02 Å². The lowest BCUT2D eigenvalue weighted by atomic mass is 9.90. The number of halogens is 1. The van der Waals surface area contributed by atoms with Crippen molar-refractivity contribution in [3.8, 4) is 5.75 Å². The number of phenolic OH excluding ortho intramolecular Hbond substituents is 1. The summed E-state index contributed by atoms with van der Waals surface area (Å²) in [7, 11) is 0. The van der Waals surface area contributed by atoms with Gasteiger partial charge in [0.05, 0.1) is 18.0 Å². The van der Waals surface area contributed by atoms with E-state index in [1.165, 1.54) is 18.2 Å². The van der Waals surface area contributed by atoms with Crippen LogP contribution < -0.4 is 5.32 Å². The van der Waals surface area contributed by atoms with E-state index in [9.17, 15) is 14.7 Å². The second kappa shape index (κ2) is 4.74. The van der Waals surface area contributed by atoms with Gasteiger partial charge in [0.1, 0.15) is 11.4 Å². The Labute approximate surface area is 115 Å². The third kappa shape index (κ3) is 2.81. The summed E-state index contributed by atoms with van der Waals surface area (Å²) in [5.74, 6) is -1.46. The Bertz CT molecular complexity index is 541. The quantitative estimate of drug-likeness (QED) is 0.645. The molecule has 0 aliphatic carbocycles. The topological polar surface area (TPSA) is 75.6 Å². The van der Waals surface area contributed by atoms with E-state index < -0.39 is 17.5 Å². The van der Waals surface area contributed by atoms with Crippen molar-refractivity contribution in [2.24, 2.45) is 5.92 Å². The number of carbonyl (C=O) groups is 2. The van der Waals surface area contributed by atoms with E-state index in [0.717, 1.165) is 0 Å². The minimum absolute atomic E-state index is 0.0279. The van der Waals surface area contributed by atoms with Crippen molar-refractivity contribution in [2.75, 3.05) is 5.32 Å². The molecule has 1 aliphatic heterocycles. The van der Waals surface area contributed by atoms with Gasteiger partial charge in [-0.3, -0.25) is 9.59 Å². The van der Waals surface area contributed by atoms with Crippen LogP contribution in [0.1, 0.15) is 20.3 Å². The Balaban J connectivity index is 2.17. The van der Waals surface area contributed by atoms with Crippen molar-refractivity contribution in [2.45, 2.75) is 25.9 Å². The molecule has 0 spiro atoms. The number of ether oxygens (including phenoxy) is 1. The van der Waals surface area contributed by atoms with Crippen LogP contribution in [-0.4, -0.2) is 22.6 Å². The van der Waals surface area contributed by atoms with Crippen molar-refractivity contribution in [1.29, 1.82) is 0 Å². The lowest BCUT2D eigenvalue weighted by molar-refractivity contribution is -0.147. The first-order valence-electron chi connectivity index (χ1n) is 5.81. The number of esters is 1. The molecule has 6 heteroatoms. The van der Waals surface area contributed by atoms with Crippen molar-refractivity contribution >= 4 is 29.2 Å². The fourth-order valence-electron chi connectivity index (χ4n) is 2.06. The number of amides is 1. The summed E-state index contributed by atoms with van der Waals surface area (Å²) in [5, 5.41) is 12.6. The number of hydrogen-bond acceptors (Lipinski definition) is 4. The number of cyclic esters (lactones) is 1. The van der Waals surface area contributed by atoms with E-state index in [-0.39, 0.29) is 23.8 Å². The van der Waals surface area contributed by atoms with Crippen molar-refractivity contribution in [1.82, 2.24) is 0 Å². The van der Waals surface area contributed by atoms with Gasteiger partial charge in [-0.05, 0) is 32.0 Å². The first-order valence-corrected chi connectivity index (χ1v) is 6.18. The molecule has 1 aromatic carbocycles. The van der Waals surface area contributed by atoms with Crippen LogP contribution in [0.25, 0.3) is 0 Å². The average molecular weight is 284 g/mol. The number of benzene rings is 1.